The van der Waals surface area contributed by atoms with Crippen LogP contribution in [0.3, 0.4) is 0 Å². The van der Waals surface area contributed by atoms with E-state index in [1.54, 1.807) is 0 Å². The topological polar surface area (TPSA) is 116 Å². The van der Waals surface area contributed by atoms with Crippen LogP contribution in [-0.4, -0.2) is 63.2 Å². The number of carboxylic acids is 1. The van der Waals surface area contributed by atoms with Crippen LogP contribution >= 0.6 is 0 Å². The molecule has 6 aliphatic rings. The van der Waals surface area contributed by atoms with Crippen molar-refractivity contribution < 1.29 is 34.7 Å². The number of aliphatic hydroxyl groups is 3. The van der Waals surface area contributed by atoms with E-state index in [0.29, 0.717) is 18.3 Å². The summed E-state index contributed by atoms with van der Waals surface area (Å²) < 4.78 is 12.8. The summed E-state index contributed by atoms with van der Waals surface area (Å²) in [4.78, 5) is 13.0. The number of rotatable bonds is 6. The van der Waals surface area contributed by atoms with Gasteiger partial charge in [-0.1, -0.05) is 79.9 Å². The summed E-state index contributed by atoms with van der Waals surface area (Å²) in [5.74, 6) is 0.449. The van der Waals surface area contributed by atoms with Crippen molar-refractivity contribution in [2.45, 2.75) is 176 Å². The van der Waals surface area contributed by atoms with Crippen molar-refractivity contribution in [2.75, 3.05) is 0 Å². The molecule has 0 aromatic carbocycles. The summed E-state index contributed by atoms with van der Waals surface area (Å²) in [6.07, 6.45) is 9.21. The van der Waals surface area contributed by atoms with Gasteiger partial charge in [-0.05, 0) is 115 Å². The Hall–Kier alpha value is -0.990. The molecule has 0 amide bonds. The van der Waals surface area contributed by atoms with Gasteiger partial charge in [0.05, 0.1) is 17.6 Å². The number of aliphatic hydroxyl groups excluding tert-OH is 3. The number of hydrogen-bond acceptors (Lipinski definition) is 6. The Kier molecular flexibility index (Phi) is 8.74. The minimum atomic E-state index is -1.29. The summed E-state index contributed by atoms with van der Waals surface area (Å²) in [7, 11) is 0. The fourth-order valence-corrected chi connectivity index (χ4v) is 12.7. The minimum absolute atomic E-state index is 0.0110. The lowest BCUT2D eigenvalue weighted by Gasteiger charge is -2.71. The van der Waals surface area contributed by atoms with Gasteiger partial charge in [-0.25, -0.2) is 0 Å². The third-order valence-corrected chi connectivity index (χ3v) is 15.8. The van der Waals surface area contributed by atoms with E-state index in [1.807, 2.05) is 0 Å². The van der Waals surface area contributed by atoms with Crippen LogP contribution in [0.15, 0.2) is 11.6 Å². The van der Waals surface area contributed by atoms with E-state index in [2.05, 4.69) is 61.5 Å². The molecule has 0 spiro atoms. The molecule has 0 aromatic rings. The van der Waals surface area contributed by atoms with Gasteiger partial charge in [0, 0.05) is 0 Å². The van der Waals surface area contributed by atoms with E-state index < -0.39 is 42.1 Å². The van der Waals surface area contributed by atoms with Gasteiger partial charge in [0.25, 0.3) is 0 Å². The Morgan fingerprint density at radius 2 is 1.59 bits per heavy atom. The molecular formula is C39H64O7. The lowest BCUT2D eigenvalue weighted by molar-refractivity contribution is -0.327. The molecule has 13 unspecified atom stereocenters. The largest absolute Gasteiger partial charge is 0.481 e. The Balaban J connectivity index is 1.27. The zero-order valence-corrected chi connectivity index (χ0v) is 30.0. The van der Waals surface area contributed by atoms with Crippen molar-refractivity contribution in [1.29, 1.82) is 0 Å². The third kappa shape index (κ3) is 4.94. The van der Waals surface area contributed by atoms with Gasteiger partial charge in [0.1, 0.15) is 18.3 Å². The van der Waals surface area contributed by atoms with Crippen LogP contribution in [-0.2, 0) is 14.3 Å². The first kappa shape index (κ1) is 34.9. The van der Waals surface area contributed by atoms with Crippen molar-refractivity contribution in [3.63, 3.8) is 0 Å². The fraction of sp³-hybridized carbons (Fsp3) is 0.923. The van der Waals surface area contributed by atoms with Gasteiger partial charge in [0.15, 0.2) is 6.29 Å². The van der Waals surface area contributed by atoms with Crippen LogP contribution in [0, 0.1) is 50.2 Å². The van der Waals surface area contributed by atoms with Gasteiger partial charge < -0.3 is 29.9 Å². The maximum atomic E-state index is 13.0. The molecule has 4 saturated carbocycles. The molecule has 0 aromatic heterocycles. The highest BCUT2D eigenvalue weighted by atomic mass is 16.7. The van der Waals surface area contributed by atoms with Crippen LogP contribution in [0.5, 0.6) is 0 Å². The predicted octanol–water partition coefficient (Wildman–Crippen LogP) is 7.26. The van der Waals surface area contributed by atoms with Gasteiger partial charge >= 0.3 is 5.97 Å². The molecule has 6 rings (SSSR count). The van der Waals surface area contributed by atoms with Gasteiger partial charge in [-0.2, -0.15) is 0 Å². The van der Waals surface area contributed by atoms with E-state index in [0.717, 1.165) is 77.0 Å². The molecule has 13 atom stereocenters. The molecule has 7 nitrogen and oxygen atoms in total. The first-order valence-corrected chi connectivity index (χ1v) is 18.7. The Morgan fingerprint density at radius 3 is 2.26 bits per heavy atom. The Bertz CT molecular complexity index is 1210. The van der Waals surface area contributed by atoms with Gasteiger partial charge in [0.2, 0.25) is 0 Å². The van der Waals surface area contributed by atoms with Crippen molar-refractivity contribution in [3.8, 4) is 0 Å². The molecule has 1 saturated heterocycles. The third-order valence-electron chi connectivity index (χ3n) is 15.8. The van der Waals surface area contributed by atoms with E-state index in [9.17, 15) is 25.2 Å². The van der Waals surface area contributed by atoms with Crippen molar-refractivity contribution >= 4 is 5.97 Å². The molecule has 5 aliphatic carbocycles. The van der Waals surface area contributed by atoms with E-state index in [-0.39, 0.29) is 39.1 Å². The number of allylic oxidation sites excluding steroid dienone is 2. The average molecular weight is 645 g/mol. The van der Waals surface area contributed by atoms with Crippen molar-refractivity contribution in [2.24, 2.45) is 50.2 Å². The average Bonchev–Trinajstić information content (AvgIpc) is 2.98. The number of fused-ring (bicyclic) bond motifs is 7. The summed E-state index contributed by atoms with van der Waals surface area (Å²) in [5, 5.41) is 42.9. The Morgan fingerprint density at radius 1 is 0.891 bits per heavy atom. The highest BCUT2D eigenvalue weighted by Gasteiger charge is 2.69. The number of ether oxygens (including phenoxy) is 2. The number of carboxylic acid groups (broad SMARTS) is 1. The zero-order valence-electron chi connectivity index (χ0n) is 30.0. The summed E-state index contributed by atoms with van der Waals surface area (Å²) in [6, 6.07) is 0. The summed E-state index contributed by atoms with van der Waals surface area (Å²) >= 11 is 0. The molecule has 46 heavy (non-hydrogen) atoms. The second-order valence-electron chi connectivity index (χ2n) is 18.8. The van der Waals surface area contributed by atoms with Crippen LogP contribution in [0.1, 0.15) is 139 Å². The standard InChI is InChI=1S/C39H64O7/c1-9-10-11-25-29(40)30(41)31(42)32(45-25)46-28-15-16-36(6)26(35(28,4)5)14-17-38(8)27(36)13-12-23-24-22-34(2,3)18-20-39(24,33(43)44)21-19-37(23,38)7/h12,24-32,40-42H,9-11,13-22H2,1-8H3,(H,43,44). The predicted molar refractivity (Wildman–Crippen MR) is 178 cm³/mol. The van der Waals surface area contributed by atoms with Gasteiger partial charge in [-0.15, -0.1) is 0 Å². The van der Waals surface area contributed by atoms with Crippen molar-refractivity contribution in [3.05, 3.63) is 11.6 Å². The smallest absolute Gasteiger partial charge is 0.310 e. The number of aliphatic carboxylic acids is 1. The van der Waals surface area contributed by atoms with Crippen LogP contribution in [0.2, 0.25) is 0 Å². The highest BCUT2D eigenvalue weighted by Crippen LogP contribution is 2.76. The first-order chi connectivity index (χ1) is 21.4. The van der Waals surface area contributed by atoms with E-state index in [1.165, 1.54) is 5.57 Å². The lowest BCUT2D eigenvalue weighted by atomic mass is 9.33. The second kappa shape index (κ2) is 11.5. The maximum Gasteiger partial charge on any atom is 0.310 e. The van der Waals surface area contributed by atoms with E-state index >= 15 is 0 Å². The molecule has 7 heteroatoms. The number of carbonyl (C=O) groups is 1. The highest BCUT2D eigenvalue weighted by molar-refractivity contribution is 5.76. The Labute approximate surface area is 277 Å². The van der Waals surface area contributed by atoms with E-state index in [4.69, 9.17) is 9.47 Å². The van der Waals surface area contributed by atoms with Crippen molar-refractivity contribution in [1.82, 2.24) is 0 Å². The molecule has 262 valence electrons. The quantitative estimate of drug-likeness (QED) is 0.178. The van der Waals surface area contributed by atoms with Crippen LogP contribution in [0.25, 0.3) is 0 Å². The molecule has 4 N–H and O–H groups in total. The molecule has 0 bridgehead atoms. The maximum absolute atomic E-state index is 13.0. The molecule has 5 fully saturated rings. The van der Waals surface area contributed by atoms with Crippen LogP contribution < -0.4 is 0 Å². The molecule has 1 aliphatic heterocycles. The molecular weight excluding hydrogens is 580 g/mol. The normalized spacial score (nSPS) is 51.1. The second-order valence-corrected chi connectivity index (χ2v) is 18.8. The molecule has 1 heterocycles. The van der Waals surface area contributed by atoms with Gasteiger partial charge in [-0.3, -0.25) is 4.79 Å². The number of hydrogen-bond donors (Lipinski definition) is 4. The van der Waals surface area contributed by atoms with Crippen LogP contribution in [0.4, 0.5) is 0 Å². The zero-order chi connectivity index (χ0) is 33.7. The summed E-state index contributed by atoms with van der Waals surface area (Å²) in [5.41, 5.74) is 1.00. The SMILES string of the molecule is CCCCC1OC(OC2CCC3(C)C(CCC4(C)C3CC=C3C5CC(C)(C)CCC5(C(=O)O)CCC34C)C2(C)C)C(O)C(O)C1O. The minimum Gasteiger partial charge on any atom is -0.481 e. The summed E-state index contributed by atoms with van der Waals surface area (Å²) in [6.45, 7) is 19.0. The fourth-order valence-electron chi connectivity index (χ4n) is 12.7. The lowest BCUT2D eigenvalue weighted by Crippen LogP contribution is -2.66. The monoisotopic (exact) mass is 644 g/mol. The first-order valence-electron chi connectivity index (χ1n) is 18.7. The molecule has 0 radical (unpaired) electrons. The number of unbranched alkanes of at least 4 members (excludes halogenated alkanes) is 1.